The van der Waals surface area contributed by atoms with E-state index in [0.717, 1.165) is 19.5 Å². The van der Waals surface area contributed by atoms with E-state index in [1.807, 2.05) is 6.07 Å². The van der Waals surface area contributed by atoms with Crippen molar-refractivity contribution in [1.82, 2.24) is 4.90 Å². The zero-order chi connectivity index (χ0) is 12.6. The van der Waals surface area contributed by atoms with Crippen molar-refractivity contribution in [2.24, 2.45) is 0 Å². The monoisotopic (exact) mass is 251 g/mol. The summed E-state index contributed by atoms with van der Waals surface area (Å²) in [5, 5.41) is 9.08. The van der Waals surface area contributed by atoms with Crippen molar-refractivity contribution >= 4 is 0 Å². The van der Waals surface area contributed by atoms with E-state index < -0.39 is 0 Å². The normalized spacial score (nSPS) is 16.6. The number of benzene rings is 1. The zero-order valence-corrected chi connectivity index (χ0v) is 10.6. The molecule has 0 spiro atoms. The number of aliphatic hydroxyl groups is 1. The fourth-order valence-electron chi connectivity index (χ4n) is 2.09. The Hall–Kier alpha value is -0.940. The van der Waals surface area contributed by atoms with Gasteiger partial charge in [0.05, 0.1) is 19.8 Å². The van der Waals surface area contributed by atoms with Crippen molar-refractivity contribution < 1.29 is 14.6 Å². The molecule has 1 saturated heterocycles. The number of hydrogen-bond acceptors (Lipinski definition) is 4. The first-order chi connectivity index (χ1) is 8.88. The summed E-state index contributed by atoms with van der Waals surface area (Å²) in [4.78, 5) is 2.18. The average Bonchev–Trinajstić information content (AvgIpc) is 2.90. The van der Waals surface area contributed by atoms with Crippen LogP contribution in [-0.4, -0.2) is 55.8 Å². The lowest BCUT2D eigenvalue weighted by Crippen LogP contribution is -2.36. The Morgan fingerprint density at radius 1 is 1.11 bits per heavy atom. The highest BCUT2D eigenvalue weighted by Gasteiger charge is 2.19. The maximum Gasteiger partial charge on any atom is 0.170 e. The number of hydrogen-bond donors (Lipinski definition) is 1. The molecule has 4 heteroatoms. The van der Waals surface area contributed by atoms with Gasteiger partial charge in [0.25, 0.3) is 0 Å². The van der Waals surface area contributed by atoms with Gasteiger partial charge in [-0.15, -0.1) is 0 Å². The predicted molar refractivity (Wildman–Crippen MR) is 69.4 cm³/mol. The highest BCUT2D eigenvalue weighted by atomic mass is 16.7. The molecule has 0 bridgehead atoms. The van der Waals surface area contributed by atoms with E-state index in [1.54, 1.807) is 0 Å². The number of rotatable bonds is 7. The number of ether oxygens (including phenoxy) is 2. The van der Waals surface area contributed by atoms with Crippen LogP contribution in [0.15, 0.2) is 30.3 Å². The third-order valence-electron chi connectivity index (χ3n) is 3.07. The molecular formula is C14H21NO3. The fourth-order valence-corrected chi connectivity index (χ4v) is 2.09. The van der Waals surface area contributed by atoms with Gasteiger partial charge in [-0.25, -0.2) is 0 Å². The molecule has 0 aliphatic carbocycles. The molecule has 0 radical (unpaired) electrons. The Morgan fingerprint density at radius 2 is 1.83 bits per heavy atom. The molecule has 4 nitrogen and oxygen atoms in total. The van der Waals surface area contributed by atoms with E-state index >= 15 is 0 Å². The molecule has 18 heavy (non-hydrogen) atoms. The van der Waals surface area contributed by atoms with Gasteiger partial charge in [-0.1, -0.05) is 30.3 Å². The molecule has 1 heterocycles. The lowest BCUT2D eigenvalue weighted by atomic mass is 10.1. The van der Waals surface area contributed by atoms with Gasteiger partial charge in [0, 0.05) is 19.6 Å². The molecule has 2 rings (SSSR count). The lowest BCUT2D eigenvalue weighted by Gasteiger charge is -2.23. The highest BCUT2D eigenvalue weighted by molar-refractivity contribution is 5.14. The first-order valence-electron chi connectivity index (χ1n) is 6.49. The predicted octanol–water partition coefficient (Wildman–Crippen LogP) is 0.896. The summed E-state index contributed by atoms with van der Waals surface area (Å²) in [6.07, 6.45) is 0.848. The molecule has 1 N–H and O–H groups in total. The lowest BCUT2D eigenvalue weighted by molar-refractivity contribution is -0.0632. The summed E-state index contributed by atoms with van der Waals surface area (Å²) in [5.74, 6) is 0. The summed E-state index contributed by atoms with van der Waals surface area (Å²) in [7, 11) is 0. The topological polar surface area (TPSA) is 41.9 Å². The van der Waals surface area contributed by atoms with E-state index in [-0.39, 0.29) is 12.9 Å². The van der Waals surface area contributed by atoms with E-state index in [1.165, 1.54) is 5.56 Å². The second kappa shape index (κ2) is 7.48. The van der Waals surface area contributed by atoms with Gasteiger partial charge >= 0.3 is 0 Å². The summed E-state index contributed by atoms with van der Waals surface area (Å²) >= 11 is 0. The van der Waals surface area contributed by atoms with Crippen LogP contribution in [0.25, 0.3) is 0 Å². The quantitative estimate of drug-likeness (QED) is 0.781. The minimum atomic E-state index is -0.132. The minimum Gasteiger partial charge on any atom is -0.395 e. The van der Waals surface area contributed by atoms with Crippen LogP contribution < -0.4 is 0 Å². The van der Waals surface area contributed by atoms with E-state index in [9.17, 15) is 0 Å². The van der Waals surface area contributed by atoms with Crippen LogP contribution in [0.4, 0.5) is 0 Å². The molecule has 1 aromatic rings. The van der Waals surface area contributed by atoms with Crippen LogP contribution in [0.3, 0.4) is 0 Å². The van der Waals surface area contributed by atoms with E-state index in [4.69, 9.17) is 14.6 Å². The Bertz CT molecular complexity index is 325. The van der Waals surface area contributed by atoms with Crippen molar-refractivity contribution in [1.29, 1.82) is 0 Å². The molecule has 0 saturated carbocycles. The molecule has 1 aliphatic heterocycles. The van der Waals surface area contributed by atoms with Crippen LogP contribution in [0.2, 0.25) is 0 Å². The summed E-state index contributed by atoms with van der Waals surface area (Å²) in [6.45, 7) is 3.82. The van der Waals surface area contributed by atoms with Crippen LogP contribution in [-0.2, 0) is 15.9 Å². The molecule has 0 atom stereocenters. The second-order valence-corrected chi connectivity index (χ2v) is 4.43. The zero-order valence-electron chi connectivity index (χ0n) is 10.6. The molecule has 0 amide bonds. The number of aliphatic hydroxyl groups excluding tert-OH is 1. The third-order valence-corrected chi connectivity index (χ3v) is 3.07. The Morgan fingerprint density at radius 3 is 2.50 bits per heavy atom. The van der Waals surface area contributed by atoms with Crippen molar-refractivity contribution in [2.45, 2.75) is 12.7 Å². The van der Waals surface area contributed by atoms with Crippen LogP contribution >= 0.6 is 0 Å². The Labute approximate surface area is 108 Å². The molecule has 0 unspecified atom stereocenters. The molecule has 0 aromatic heterocycles. The van der Waals surface area contributed by atoms with Gasteiger partial charge < -0.3 is 14.6 Å². The van der Waals surface area contributed by atoms with Gasteiger partial charge in [0.1, 0.15) is 0 Å². The molecule has 1 fully saturated rings. The largest absolute Gasteiger partial charge is 0.395 e. The van der Waals surface area contributed by atoms with Gasteiger partial charge in [0.2, 0.25) is 0 Å². The first kappa shape index (κ1) is 13.5. The maximum absolute atomic E-state index is 9.08. The Balaban J connectivity index is 1.78. The summed E-state index contributed by atoms with van der Waals surface area (Å²) in [6, 6.07) is 10.4. The first-order valence-corrected chi connectivity index (χ1v) is 6.49. The van der Waals surface area contributed by atoms with E-state index in [0.29, 0.717) is 19.8 Å². The highest BCUT2D eigenvalue weighted by Crippen LogP contribution is 2.07. The fraction of sp³-hybridized carbons (Fsp3) is 0.571. The molecule has 1 aliphatic rings. The summed E-state index contributed by atoms with van der Waals surface area (Å²) < 4.78 is 10.9. The maximum atomic E-state index is 9.08. The minimum absolute atomic E-state index is 0.132. The molecular weight excluding hydrogens is 230 g/mol. The van der Waals surface area contributed by atoms with Crippen molar-refractivity contribution in [3.05, 3.63) is 35.9 Å². The second-order valence-electron chi connectivity index (χ2n) is 4.43. The molecule has 1 aromatic carbocycles. The molecule has 100 valence electrons. The smallest absolute Gasteiger partial charge is 0.170 e. The van der Waals surface area contributed by atoms with Crippen molar-refractivity contribution in [3.8, 4) is 0 Å². The van der Waals surface area contributed by atoms with Crippen LogP contribution in [0, 0.1) is 0 Å². The SMILES string of the molecule is OCCN(CCc1ccccc1)CC1OCCO1. The van der Waals surface area contributed by atoms with Gasteiger partial charge in [-0.2, -0.15) is 0 Å². The van der Waals surface area contributed by atoms with Crippen molar-refractivity contribution in [3.63, 3.8) is 0 Å². The standard InChI is InChI=1S/C14H21NO3/c16-9-8-15(12-14-17-10-11-18-14)7-6-13-4-2-1-3-5-13/h1-5,14,16H,6-12H2. The van der Waals surface area contributed by atoms with Gasteiger partial charge in [0.15, 0.2) is 6.29 Å². The summed E-state index contributed by atoms with van der Waals surface area (Å²) in [5.41, 5.74) is 1.31. The Kier molecular flexibility index (Phi) is 5.61. The van der Waals surface area contributed by atoms with Gasteiger partial charge in [-0.3, -0.25) is 4.90 Å². The van der Waals surface area contributed by atoms with Gasteiger partial charge in [-0.05, 0) is 12.0 Å². The van der Waals surface area contributed by atoms with Crippen molar-refractivity contribution in [2.75, 3.05) is 39.5 Å². The third kappa shape index (κ3) is 4.38. The van der Waals surface area contributed by atoms with Crippen LogP contribution in [0.1, 0.15) is 5.56 Å². The number of nitrogens with zero attached hydrogens (tertiary/aromatic N) is 1. The average molecular weight is 251 g/mol. The van der Waals surface area contributed by atoms with Crippen LogP contribution in [0.5, 0.6) is 0 Å². The van der Waals surface area contributed by atoms with E-state index in [2.05, 4.69) is 29.2 Å².